The number of imidazole rings is 1. The fourth-order valence-electron chi connectivity index (χ4n) is 3.86. The first-order valence-electron chi connectivity index (χ1n) is 11.1. The SMILES string of the molecule is Clc1cnc2nc(-c3ccc(OCCN4CCOCC4)cc3)[nH]c2c1NCc1ccccc1. The van der Waals surface area contributed by atoms with E-state index in [1.54, 1.807) is 6.20 Å². The molecule has 0 radical (unpaired) electrons. The van der Waals surface area contributed by atoms with Crippen molar-refractivity contribution in [1.82, 2.24) is 19.9 Å². The van der Waals surface area contributed by atoms with Crippen molar-refractivity contribution in [3.05, 3.63) is 71.4 Å². The Bertz CT molecular complexity index is 1190. The van der Waals surface area contributed by atoms with Crippen LogP contribution in [0.25, 0.3) is 22.6 Å². The number of hydrogen-bond acceptors (Lipinski definition) is 6. The van der Waals surface area contributed by atoms with Gasteiger partial charge in [0.2, 0.25) is 0 Å². The van der Waals surface area contributed by atoms with Crippen LogP contribution in [0.15, 0.2) is 60.8 Å². The number of nitrogens with one attached hydrogen (secondary N) is 2. The molecule has 1 fully saturated rings. The number of morpholine rings is 1. The van der Waals surface area contributed by atoms with E-state index in [4.69, 9.17) is 21.1 Å². The number of rotatable bonds is 8. The van der Waals surface area contributed by atoms with E-state index in [9.17, 15) is 0 Å². The summed E-state index contributed by atoms with van der Waals surface area (Å²) in [6, 6.07) is 18.1. The second kappa shape index (κ2) is 10.2. The van der Waals surface area contributed by atoms with Crippen LogP contribution in [-0.2, 0) is 11.3 Å². The highest BCUT2D eigenvalue weighted by Gasteiger charge is 2.14. The van der Waals surface area contributed by atoms with Crippen molar-refractivity contribution in [3.8, 4) is 17.1 Å². The highest BCUT2D eigenvalue weighted by atomic mass is 35.5. The van der Waals surface area contributed by atoms with Crippen LogP contribution < -0.4 is 10.1 Å². The molecule has 170 valence electrons. The van der Waals surface area contributed by atoms with Crippen LogP contribution in [-0.4, -0.2) is 59.3 Å². The van der Waals surface area contributed by atoms with Crippen molar-refractivity contribution in [1.29, 1.82) is 0 Å². The van der Waals surface area contributed by atoms with Crippen LogP contribution in [0.4, 0.5) is 5.69 Å². The van der Waals surface area contributed by atoms with Gasteiger partial charge in [0.15, 0.2) is 5.65 Å². The molecule has 4 aromatic rings. The molecule has 1 aliphatic rings. The predicted octanol–water partition coefficient (Wildman–Crippen LogP) is 4.60. The number of halogens is 1. The number of ether oxygens (including phenoxy) is 2. The van der Waals surface area contributed by atoms with Crippen molar-refractivity contribution < 1.29 is 9.47 Å². The maximum absolute atomic E-state index is 6.45. The van der Waals surface area contributed by atoms with Gasteiger partial charge in [0.1, 0.15) is 23.7 Å². The number of H-pyrrole nitrogens is 1. The summed E-state index contributed by atoms with van der Waals surface area (Å²) in [5, 5.41) is 3.97. The Balaban J connectivity index is 1.27. The highest BCUT2D eigenvalue weighted by Crippen LogP contribution is 2.31. The van der Waals surface area contributed by atoms with Crippen molar-refractivity contribution in [2.24, 2.45) is 0 Å². The molecule has 0 bridgehead atoms. The summed E-state index contributed by atoms with van der Waals surface area (Å²) in [6.45, 7) is 5.75. The smallest absolute Gasteiger partial charge is 0.180 e. The van der Waals surface area contributed by atoms with Crippen molar-refractivity contribution in [2.45, 2.75) is 6.54 Å². The minimum Gasteiger partial charge on any atom is -0.492 e. The number of pyridine rings is 1. The molecule has 0 saturated carbocycles. The summed E-state index contributed by atoms with van der Waals surface area (Å²) >= 11 is 6.45. The first kappa shape index (κ1) is 21.7. The van der Waals surface area contributed by atoms with Crippen molar-refractivity contribution >= 4 is 28.5 Å². The Hall–Kier alpha value is -3.13. The lowest BCUT2D eigenvalue weighted by Gasteiger charge is -2.26. The number of aromatic nitrogens is 3. The van der Waals surface area contributed by atoms with Gasteiger partial charge in [-0.15, -0.1) is 0 Å². The standard InChI is InChI=1S/C25H26ClN5O2/c26-21-17-28-25-23(22(21)27-16-18-4-2-1-3-5-18)29-24(30-25)19-6-8-20(9-7-19)33-15-12-31-10-13-32-14-11-31/h1-9,17H,10-16H2,(H2,27,28,29,30). The zero-order chi connectivity index (χ0) is 22.5. The largest absolute Gasteiger partial charge is 0.492 e. The van der Waals surface area contributed by atoms with Crippen LogP contribution >= 0.6 is 11.6 Å². The van der Waals surface area contributed by atoms with Crippen LogP contribution in [0.5, 0.6) is 5.75 Å². The van der Waals surface area contributed by atoms with Crippen LogP contribution in [0.1, 0.15) is 5.56 Å². The van der Waals surface area contributed by atoms with Gasteiger partial charge in [0, 0.05) is 31.7 Å². The Morgan fingerprint density at radius 2 is 1.85 bits per heavy atom. The molecule has 0 amide bonds. The average molecular weight is 464 g/mol. The lowest BCUT2D eigenvalue weighted by molar-refractivity contribution is 0.0322. The third kappa shape index (κ3) is 5.27. The molecular weight excluding hydrogens is 438 g/mol. The van der Waals surface area contributed by atoms with Gasteiger partial charge in [-0.2, -0.15) is 0 Å². The quantitative estimate of drug-likeness (QED) is 0.397. The Morgan fingerprint density at radius 3 is 2.64 bits per heavy atom. The fraction of sp³-hybridized carbons (Fsp3) is 0.280. The summed E-state index contributed by atoms with van der Waals surface area (Å²) in [5.41, 5.74) is 4.34. The van der Waals surface area contributed by atoms with E-state index >= 15 is 0 Å². The zero-order valence-corrected chi connectivity index (χ0v) is 19.0. The van der Waals surface area contributed by atoms with E-state index < -0.39 is 0 Å². The topological polar surface area (TPSA) is 75.3 Å². The van der Waals surface area contributed by atoms with Crippen LogP contribution in [0.3, 0.4) is 0 Å². The van der Waals surface area contributed by atoms with Gasteiger partial charge in [-0.05, 0) is 29.8 Å². The first-order valence-corrected chi connectivity index (χ1v) is 11.5. The van der Waals surface area contributed by atoms with Gasteiger partial charge in [0.05, 0.1) is 30.1 Å². The molecular formula is C25H26ClN5O2. The molecule has 1 aliphatic heterocycles. The average Bonchev–Trinajstić information content (AvgIpc) is 3.30. The van der Waals surface area contributed by atoms with E-state index in [1.165, 1.54) is 5.56 Å². The summed E-state index contributed by atoms with van der Waals surface area (Å²) in [5.74, 6) is 1.58. The van der Waals surface area contributed by atoms with E-state index in [2.05, 4.69) is 37.3 Å². The molecule has 5 rings (SSSR count). The third-order valence-electron chi connectivity index (χ3n) is 5.69. The molecule has 33 heavy (non-hydrogen) atoms. The molecule has 3 heterocycles. The number of anilines is 1. The van der Waals surface area contributed by atoms with E-state index in [-0.39, 0.29) is 0 Å². The number of benzene rings is 2. The molecule has 0 aliphatic carbocycles. The first-order chi connectivity index (χ1) is 16.3. The molecule has 2 aromatic carbocycles. The molecule has 0 atom stereocenters. The molecule has 7 nitrogen and oxygen atoms in total. The van der Waals surface area contributed by atoms with Gasteiger partial charge in [0.25, 0.3) is 0 Å². The van der Waals surface area contributed by atoms with Gasteiger partial charge in [-0.3, -0.25) is 4.90 Å². The lowest BCUT2D eigenvalue weighted by atomic mass is 10.2. The Kier molecular flexibility index (Phi) is 6.71. The number of nitrogens with zero attached hydrogens (tertiary/aromatic N) is 3. The Morgan fingerprint density at radius 1 is 1.06 bits per heavy atom. The van der Waals surface area contributed by atoms with Crippen LogP contribution in [0.2, 0.25) is 5.02 Å². The van der Waals surface area contributed by atoms with E-state index in [0.29, 0.717) is 23.8 Å². The van der Waals surface area contributed by atoms with Crippen LogP contribution in [0, 0.1) is 0 Å². The zero-order valence-electron chi connectivity index (χ0n) is 18.3. The second-order valence-corrected chi connectivity index (χ2v) is 8.34. The van der Waals surface area contributed by atoms with Gasteiger partial charge in [-0.25, -0.2) is 9.97 Å². The normalized spacial score (nSPS) is 14.5. The van der Waals surface area contributed by atoms with Gasteiger partial charge < -0.3 is 19.8 Å². The molecule has 0 spiro atoms. The monoisotopic (exact) mass is 463 g/mol. The summed E-state index contributed by atoms with van der Waals surface area (Å²) in [4.78, 5) is 14.8. The van der Waals surface area contributed by atoms with E-state index in [0.717, 1.165) is 61.2 Å². The molecule has 1 saturated heterocycles. The summed E-state index contributed by atoms with van der Waals surface area (Å²) < 4.78 is 11.3. The number of fused-ring (bicyclic) bond motifs is 1. The summed E-state index contributed by atoms with van der Waals surface area (Å²) in [6.07, 6.45) is 1.63. The predicted molar refractivity (Wildman–Crippen MR) is 131 cm³/mol. The van der Waals surface area contributed by atoms with Gasteiger partial charge >= 0.3 is 0 Å². The Labute approximate surface area is 197 Å². The summed E-state index contributed by atoms with van der Waals surface area (Å²) in [7, 11) is 0. The maximum atomic E-state index is 6.45. The molecule has 2 aromatic heterocycles. The van der Waals surface area contributed by atoms with Gasteiger partial charge in [-0.1, -0.05) is 41.9 Å². The van der Waals surface area contributed by atoms with Crippen molar-refractivity contribution in [2.75, 3.05) is 44.8 Å². The fourth-order valence-corrected chi connectivity index (χ4v) is 4.07. The third-order valence-corrected chi connectivity index (χ3v) is 5.98. The highest BCUT2D eigenvalue weighted by molar-refractivity contribution is 6.34. The number of hydrogen-bond donors (Lipinski definition) is 2. The minimum absolute atomic E-state index is 0.553. The molecule has 0 unspecified atom stereocenters. The van der Waals surface area contributed by atoms with Crippen molar-refractivity contribution in [3.63, 3.8) is 0 Å². The van der Waals surface area contributed by atoms with E-state index in [1.807, 2.05) is 42.5 Å². The minimum atomic E-state index is 0.553. The second-order valence-electron chi connectivity index (χ2n) is 7.93. The molecule has 2 N–H and O–H groups in total. The lowest BCUT2D eigenvalue weighted by Crippen LogP contribution is -2.38. The molecule has 8 heteroatoms. The number of aromatic amines is 1. The maximum Gasteiger partial charge on any atom is 0.180 e.